The van der Waals surface area contributed by atoms with Crippen LogP contribution in [0.1, 0.15) is 18.4 Å². The normalized spacial score (nSPS) is 15.7. The largest absolute Gasteiger partial charge is 0.375 e. The van der Waals surface area contributed by atoms with Crippen LogP contribution in [0.3, 0.4) is 0 Å². The highest BCUT2D eigenvalue weighted by Crippen LogP contribution is 2.23. The predicted molar refractivity (Wildman–Crippen MR) is 91.3 cm³/mol. The number of methoxy groups -OCH3 is 1. The van der Waals surface area contributed by atoms with Gasteiger partial charge in [-0.2, -0.15) is 5.10 Å². The molecule has 2 aromatic rings. The molecular weight excluding hydrogens is 304 g/mol. The quantitative estimate of drug-likeness (QED) is 0.841. The first kappa shape index (κ1) is 16.6. The number of hydrogen-bond acceptors (Lipinski definition) is 4. The van der Waals surface area contributed by atoms with Gasteiger partial charge in [0.1, 0.15) is 6.61 Å². The second-order valence-electron chi connectivity index (χ2n) is 6.35. The van der Waals surface area contributed by atoms with E-state index in [1.807, 2.05) is 28.9 Å². The fourth-order valence-electron chi connectivity index (χ4n) is 3.26. The van der Waals surface area contributed by atoms with Crippen LogP contribution in [0.5, 0.6) is 0 Å². The van der Waals surface area contributed by atoms with Gasteiger partial charge in [0.15, 0.2) is 0 Å². The zero-order valence-electron chi connectivity index (χ0n) is 14.3. The van der Waals surface area contributed by atoms with E-state index in [1.165, 1.54) is 5.56 Å². The molecule has 3 rings (SSSR count). The fourth-order valence-corrected chi connectivity index (χ4v) is 3.26. The van der Waals surface area contributed by atoms with E-state index in [-0.39, 0.29) is 12.5 Å². The standard InChI is InChI=1S/C18H24N4O2/c1-21-17(5-8-20-21)16-4-3-15(12-19-16)11-14-6-9-22(10-7-14)18(23)13-24-2/h3-5,8,12,14H,6-7,9-11,13H2,1-2H3. The van der Waals surface area contributed by atoms with E-state index in [4.69, 9.17) is 4.74 Å². The third kappa shape index (κ3) is 3.82. The first-order valence-electron chi connectivity index (χ1n) is 8.37. The van der Waals surface area contributed by atoms with Gasteiger partial charge in [-0.1, -0.05) is 6.07 Å². The highest BCUT2D eigenvalue weighted by atomic mass is 16.5. The SMILES string of the molecule is COCC(=O)N1CCC(Cc2ccc(-c3ccnn3C)nc2)CC1. The van der Waals surface area contributed by atoms with Gasteiger partial charge in [-0.15, -0.1) is 0 Å². The summed E-state index contributed by atoms with van der Waals surface area (Å²) in [5.41, 5.74) is 3.22. The Kier molecular flexibility index (Phi) is 5.25. The highest BCUT2D eigenvalue weighted by molar-refractivity contribution is 5.77. The minimum Gasteiger partial charge on any atom is -0.375 e. The lowest BCUT2D eigenvalue weighted by atomic mass is 9.90. The predicted octanol–water partition coefficient (Wildman–Crippen LogP) is 1.91. The number of aryl methyl sites for hydroxylation is 1. The number of carbonyl (C=O) groups excluding carboxylic acids is 1. The van der Waals surface area contributed by atoms with Crippen molar-refractivity contribution in [3.05, 3.63) is 36.2 Å². The summed E-state index contributed by atoms with van der Waals surface area (Å²) in [5, 5.41) is 4.18. The fraction of sp³-hybridized carbons (Fsp3) is 0.500. The number of nitrogens with zero attached hydrogens (tertiary/aromatic N) is 4. The van der Waals surface area contributed by atoms with E-state index in [0.29, 0.717) is 5.92 Å². The summed E-state index contributed by atoms with van der Waals surface area (Å²) >= 11 is 0. The van der Waals surface area contributed by atoms with E-state index in [0.717, 1.165) is 43.7 Å². The molecule has 1 fully saturated rings. The number of amides is 1. The summed E-state index contributed by atoms with van der Waals surface area (Å²) < 4.78 is 6.75. The van der Waals surface area contributed by atoms with Gasteiger partial charge in [0, 0.05) is 39.6 Å². The van der Waals surface area contributed by atoms with Gasteiger partial charge in [-0.05, 0) is 42.9 Å². The molecule has 1 amide bonds. The second kappa shape index (κ2) is 7.57. The third-order valence-electron chi connectivity index (χ3n) is 4.67. The van der Waals surface area contributed by atoms with E-state index in [9.17, 15) is 4.79 Å². The Bertz CT molecular complexity index is 673. The van der Waals surface area contributed by atoms with Crippen molar-refractivity contribution in [3.63, 3.8) is 0 Å². The van der Waals surface area contributed by atoms with E-state index in [1.54, 1.807) is 13.3 Å². The second-order valence-corrected chi connectivity index (χ2v) is 6.35. The summed E-state index contributed by atoms with van der Waals surface area (Å²) in [6.07, 6.45) is 6.84. The molecule has 1 aliphatic heterocycles. The lowest BCUT2D eigenvalue weighted by molar-refractivity contribution is -0.136. The molecule has 6 nitrogen and oxygen atoms in total. The number of likely N-dealkylation sites (tertiary alicyclic amines) is 1. The van der Waals surface area contributed by atoms with Crippen molar-refractivity contribution in [2.24, 2.45) is 13.0 Å². The number of ether oxygens (including phenoxy) is 1. The smallest absolute Gasteiger partial charge is 0.248 e. The Balaban J connectivity index is 1.54. The molecule has 0 atom stereocenters. The van der Waals surface area contributed by atoms with Crippen molar-refractivity contribution < 1.29 is 9.53 Å². The average molecular weight is 328 g/mol. The van der Waals surface area contributed by atoms with Crippen molar-refractivity contribution in [2.75, 3.05) is 26.8 Å². The highest BCUT2D eigenvalue weighted by Gasteiger charge is 2.22. The summed E-state index contributed by atoms with van der Waals surface area (Å²) in [6, 6.07) is 6.18. The van der Waals surface area contributed by atoms with Crippen LogP contribution < -0.4 is 0 Å². The zero-order chi connectivity index (χ0) is 16.9. The van der Waals surface area contributed by atoms with E-state index < -0.39 is 0 Å². The van der Waals surface area contributed by atoms with E-state index >= 15 is 0 Å². The third-order valence-corrected chi connectivity index (χ3v) is 4.67. The Morgan fingerprint density at radius 2 is 2.08 bits per heavy atom. The monoisotopic (exact) mass is 328 g/mol. The van der Waals surface area contributed by atoms with Crippen LogP contribution in [0, 0.1) is 5.92 Å². The maximum absolute atomic E-state index is 11.8. The Morgan fingerprint density at radius 3 is 2.67 bits per heavy atom. The van der Waals surface area contributed by atoms with Crippen molar-refractivity contribution in [1.29, 1.82) is 0 Å². The van der Waals surface area contributed by atoms with Crippen LogP contribution in [-0.4, -0.2) is 52.4 Å². The van der Waals surface area contributed by atoms with Crippen LogP contribution in [-0.2, 0) is 23.0 Å². The van der Waals surface area contributed by atoms with Crippen LogP contribution in [0.2, 0.25) is 0 Å². The molecule has 0 saturated carbocycles. The molecule has 0 bridgehead atoms. The van der Waals surface area contributed by atoms with Gasteiger partial charge in [0.2, 0.25) is 5.91 Å². The lowest BCUT2D eigenvalue weighted by Gasteiger charge is -2.32. The van der Waals surface area contributed by atoms with Crippen LogP contribution >= 0.6 is 0 Å². The molecule has 3 heterocycles. The number of rotatable bonds is 5. The molecular formula is C18H24N4O2. The van der Waals surface area contributed by atoms with Crippen LogP contribution in [0.25, 0.3) is 11.4 Å². The molecule has 1 saturated heterocycles. The van der Waals surface area contributed by atoms with Gasteiger partial charge >= 0.3 is 0 Å². The molecule has 0 radical (unpaired) electrons. The number of aromatic nitrogens is 3. The molecule has 128 valence electrons. The van der Waals surface area contributed by atoms with Gasteiger partial charge < -0.3 is 9.64 Å². The topological polar surface area (TPSA) is 60.2 Å². The first-order valence-corrected chi connectivity index (χ1v) is 8.37. The lowest BCUT2D eigenvalue weighted by Crippen LogP contribution is -2.40. The van der Waals surface area contributed by atoms with Gasteiger partial charge in [0.25, 0.3) is 0 Å². The van der Waals surface area contributed by atoms with Gasteiger partial charge in [-0.3, -0.25) is 14.5 Å². The molecule has 0 unspecified atom stereocenters. The molecule has 1 aliphatic rings. The number of carbonyl (C=O) groups is 1. The number of piperidine rings is 1. The Labute approximate surface area is 142 Å². The zero-order valence-corrected chi connectivity index (χ0v) is 14.3. The summed E-state index contributed by atoms with van der Waals surface area (Å²) in [4.78, 5) is 18.3. The molecule has 0 spiro atoms. The maximum atomic E-state index is 11.8. The van der Waals surface area contributed by atoms with Crippen molar-refractivity contribution in [2.45, 2.75) is 19.3 Å². The molecule has 6 heteroatoms. The Hall–Kier alpha value is -2.21. The Morgan fingerprint density at radius 1 is 1.29 bits per heavy atom. The van der Waals surface area contributed by atoms with Crippen molar-refractivity contribution in [1.82, 2.24) is 19.7 Å². The number of pyridine rings is 1. The number of hydrogen-bond donors (Lipinski definition) is 0. The van der Waals surface area contributed by atoms with E-state index in [2.05, 4.69) is 22.2 Å². The molecule has 24 heavy (non-hydrogen) atoms. The minimum atomic E-state index is 0.0955. The molecule has 0 aliphatic carbocycles. The van der Waals surface area contributed by atoms with Crippen molar-refractivity contribution in [3.8, 4) is 11.4 Å². The maximum Gasteiger partial charge on any atom is 0.248 e. The van der Waals surface area contributed by atoms with Gasteiger partial charge in [0.05, 0.1) is 11.4 Å². The summed E-state index contributed by atoms with van der Waals surface area (Å²) in [6.45, 7) is 1.84. The molecule has 2 aromatic heterocycles. The average Bonchev–Trinajstić information content (AvgIpc) is 3.02. The molecule has 0 aromatic carbocycles. The molecule has 0 N–H and O–H groups in total. The van der Waals surface area contributed by atoms with Crippen molar-refractivity contribution >= 4 is 5.91 Å². The van der Waals surface area contributed by atoms with Crippen LogP contribution in [0.15, 0.2) is 30.6 Å². The first-order chi connectivity index (χ1) is 11.7. The summed E-state index contributed by atoms with van der Waals surface area (Å²) in [5.74, 6) is 0.707. The summed E-state index contributed by atoms with van der Waals surface area (Å²) in [7, 11) is 3.48. The van der Waals surface area contributed by atoms with Crippen LogP contribution in [0.4, 0.5) is 0 Å². The minimum absolute atomic E-state index is 0.0955. The van der Waals surface area contributed by atoms with Gasteiger partial charge in [-0.25, -0.2) is 0 Å².